The highest BCUT2D eigenvalue weighted by Gasteiger charge is 2.31. The Morgan fingerprint density at radius 1 is 1.28 bits per heavy atom. The molecule has 158 valence electrons. The number of carbonyl (C=O) groups excluding carboxylic acids is 3. The topological polar surface area (TPSA) is 88.7 Å². The molecule has 0 bridgehead atoms. The standard InChI is InChI=1S/C21H28N2O5S/c1-6-28-11-8-10-23(20(25)16-9-7-12-29-16)15(4)19(24)17-13(2)18(21(26)27-5)22-14(17)3/h7,9,12,15,22H,6,8,10-11H2,1-5H3/t15-/m1/s1. The van der Waals surface area contributed by atoms with Crippen LogP contribution in [0.25, 0.3) is 0 Å². The number of H-pyrrole nitrogens is 1. The minimum absolute atomic E-state index is 0.184. The van der Waals surface area contributed by atoms with Gasteiger partial charge < -0.3 is 19.4 Å². The van der Waals surface area contributed by atoms with Crippen LogP contribution in [-0.4, -0.2) is 60.5 Å². The van der Waals surface area contributed by atoms with E-state index in [9.17, 15) is 14.4 Å². The van der Waals surface area contributed by atoms with Gasteiger partial charge in [0.05, 0.1) is 18.0 Å². The minimum Gasteiger partial charge on any atom is -0.464 e. The van der Waals surface area contributed by atoms with E-state index in [4.69, 9.17) is 9.47 Å². The molecule has 1 N–H and O–H groups in total. The number of aromatic nitrogens is 1. The molecule has 2 rings (SSSR count). The summed E-state index contributed by atoms with van der Waals surface area (Å²) in [6, 6.07) is 2.87. The van der Waals surface area contributed by atoms with Crippen LogP contribution in [0, 0.1) is 13.8 Å². The van der Waals surface area contributed by atoms with Crippen molar-refractivity contribution in [3.05, 3.63) is 44.9 Å². The lowest BCUT2D eigenvalue weighted by atomic mass is 9.99. The average Bonchev–Trinajstić information content (AvgIpc) is 3.34. The second-order valence-electron chi connectivity index (χ2n) is 6.68. The van der Waals surface area contributed by atoms with Gasteiger partial charge in [-0.25, -0.2) is 4.79 Å². The molecule has 0 saturated heterocycles. The fourth-order valence-corrected chi connectivity index (χ4v) is 3.95. The van der Waals surface area contributed by atoms with Crippen LogP contribution in [0.15, 0.2) is 17.5 Å². The molecule has 0 aromatic carbocycles. The van der Waals surface area contributed by atoms with Crippen molar-refractivity contribution < 1.29 is 23.9 Å². The SMILES string of the molecule is CCOCCCN(C(=O)c1cccs1)[C@H](C)C(=O)c1c(C)[nH]c(C(=O)OC)c1C. The number of amides is 1. The van der Waals surface area contributed by atoms with Crippen molar-refractivity contribution in [2.75, 3.05) is 26.9 Å². The van der Waals surface area contributed by atoms with E-state index >= 15 is 0 Å². The number of thiophene rings is 1. The quantitative estimate of drug-likeness (QED) is 0.360. The maximum atomic E-state index is 13.3. The number of nitrogens with zero attached hydrogens (tertiary/aromatic N) is 1. The van der Waals surface area contributed by atoms with E-state index in [0.717, 1.165) is 0 Å². The predicted molar refractivity (Wildman–Crippen MR) is 112 cm³/mol. The van der Waals surface area contributed by atoms with Crippen LogP contribution in [0.4, 0.5) is 0 Å². The summed E-state index contributed by atoms with van der Waals surface area (Å²) in [6.45, 7) is 8.59. The van der Waals surface area contributed by atoms with Gasteiger partial charge in [-0.1, -0.05) is 6.07 Å². The van der Waals surface area contributed by atoms with Gasteiger partial charge in [0.2, 0.25) is 0 Å². The number of ketones is 1. The highest BCUT2D eigenvalue weighted by Crippen LogP contribution is 2.23. The number of aromatic amines is 1. The van der Waals surface area contributed by atoms with Gasteiger partial charge in [0.25, 0.3) is 5.91 Å². The van der Waals surface area contributed by atoms with E-state index in [-0.39, 0.29) is 17.4 Å². The molecule has 1 amide bonds. The number of methoxy groups -OCH3 is 1. The molecule has 8 heteroatoms. The van der Waals surface area contributed by atoms with Crippen LogP contribution in [0.1, 0.15) is 62.0 Å². The van der Waals surface area contributed by atoms with Gasteiger partial charge in [0, 0.05) is 31.0 Å². The van der Waals surface area contributed by atoms with E-state index in [0.29, 0.717) is 47.9 Å². The summed E-state index contributed by atoms with van der Waals surface area (Å²) in [6.07, 6.45) is 0.626. The summed E-state index contributed by atoms with van der Waals surface area (Å²) < 4.78 is 10.2. The maximum Gasteiger partial charge on any atom is 0.354 e. The van der Waals surface area contributed by atoms with Crippen molar-refractivity contribution in [1.29, 1.82) is 0 Å². The average molecular weight is 421 g/mol. The molecule has 0 saturated carbocycles. The molecule has 0 spiro atoms. The number of ether oxygens (including phenoxy) is 2. The first kappa shape index (κ1) is 22.8. The summed E-state index contributed by atoms with van der Waals surface area (Å²) in [5, 5.41) is 1.83. The van der Waals surface area contributed by atoms with Crippen LogP contribution in [0.2, 0.25) is 0 Å². The zero-order valence-corrected chi connectivity index (χ0v) is 18.4. The maximum absolute atomic E-state index is 13.3. The minimum atomic E-state index is -0.690. The van der Waals surface area contributed by atoms with Gasteiger partial charge >= 0.3 is 5.97 Å². The number of hydrogen-bond acceptors (Lipinski definition) is 6. The molecule has 0 fully saturated rings. The monoisotopic (exact) mass is 420 g/mol. The Morgan fingerprint density at radius 2 is 2.00 bits per heavy atom. The van der Waals surface area contributed by atoms with Gasteiger partial charge in [-0.05, 0) is 51.1 Å². The van der Waals surface area contributed by atoms with Crippen LogP contribution in [0.3, 0.4) is 0 Å². The molecule has 0 aliphatic carbocycles. The van der Waals surface area contributed by atoms with Gasteiger partial charge in [0.1, 0.15) is 5.69 Å². The van der Waals surface area contributed by atoms with E-state index in [1.165, 1.54) is 18.4 Å². The molecule has 0 unspecified atom stereocenters. The summed E-state index contributed by atoms with van der Waals surface area (Å²) in [5.41, 5.74) is 1.79. The molecule has 2 aromatic heterocycles. The third kappa shape index (κ3) is 5.13. The fraction of sp³-hybridized carbons (Fsp3) is 0.476. The highest BCUT2D eigenvalue weighted by atomic mass is 32.1. The Bertz CT molecular complexity index is 857. The summed E-state index contributed by atoms with van der Waals surface area (Å²) in [7, 11) is 1.29. The molecule has 0 aliphatic rings. The number of hydrogen-bond donors (Lipinski definition) is 1. The second kappa shape index (κ2) is 10.4. The lowest BCUT2D eigenvalue weighted by Crippen LogP contribution is -2.44. The van der Waals surface area contributed by atoms with Crippen molar-refractivity contribution >= 4 is 29.0 Å². The normalized spacial score (nSPS) is 11.9. The van der Waals surface area contributed by atoms with Gasteiger partial charge in [-0.2, -0.15) is 0 Å². The van der Waals surface area contributed by atoms with Crippen LogP contribution < -0.4 is 0 Å². The first-order chi connectivity index (χ1) is 13.8. The zero-order valence-electron chi connectivity index (χ0n) is 17.5. The van der Waals surface area contributed by atoms with Crippen LogP contribution in [0.5, 0.6) is 0 Å². The van der Waals surface area contributed by atoms with E-state index in [2.05, 4.69) is 4.98 Å². The van der Waals surface area contributed by atoms with E-state index in [1.54, 1.807) is 31.7 Å². The van der Waals surface area contributed by atoms with Crippen molar-refractivity contribution in [2.45, 2.75) is 40.2 Å². The van der Waals surface area contributed by atoms with E-state index < -0.39 is 12.0 Å². The number of esters is 1. The molecule has 2 aromatic rings. The Labute approximate surface area is 175 Å². The Morgan fingerprint density at radius 3 is 2.59 bits per heavy atom. The fourth-order valence-electron chi connectivity index (χ4n) is 3.27. The third-order valence-corrected chi connectivity index (χ3v) is 5.66. The molecule has 7 nitrogen and oxygen atoms in total. The summed E-state index contributed by atoms with van der Waals surface area (Å²) >= 11 is 1.34. The number of Topliss-reactive ketones (excluding diaryl/α,β-unsaturated/α-hetero) is 1. The van der Waals surface area contributed by atoms with Crippen molar-refractivity contribution in [3.63, 3.8) is 0 Å². The van der Waals surface area contributed by atoms with Gasteiger partial charge in [-0.3, -0.25) is 9.59 Å². The highest BCUT2D eigenvalue weighted by molar-refractivity contribution is 7.12. The van der Waals surface area contributed by atoms with Crippen LogP contribution >= 0.6 is 11.3 Å². The lowest BCUT2D eigenvalue weighted by Gasteiger charge is -2.28. The second-order valence-corrected chi connectivity index (χ2v) is 7.63. The smallest absolute Gasteiger partial charge is 0.354 e. The van der Waals surface area contributed by atoms with Gasteiger partial charge in [0.15, 0.2) is 5.78 Å². The van der Waals surface area contributed by atoms with Crippen molar-refractivity contribution in [3.8, 4) is 0 Å². The summed E-state index contributed by atoms with van der Waals surface area (Å²) in [5.74, 6) is -0.926. The molecule has 0 aliphatic heterocycles. The number of nitrogens with one attached hydrogen (secondary N) is 1. The predicted octanol–water partition coefficient (Wildman–Crippen LogP) is 3.62. The molecular weight excluding hydrogens is 392 g/mol. The Balaban J connectivity index is 2.31. The Kier molecular flexibility index (Phi) is 8.16. The molecule has 2 heterocycles. The van der Waals surface area contributed by atoms with E-state index in [1.807, 2.05) is 18.4 Å². The first-order valence-electron chi connectivity index (χ1n) is 9.57. The zero-order chi connectivity index (χ0) is 21.6. The lowest BCUT2D eigenvalue weighted by molar-refractivity contribution is 0.0589. The first-order valence-corrected chi connectivity index (χ1v) is 10.4. The molecular formula is C21H28N2O5S. The molecule has 0 radical (unpaired) electrons. The van der Waals surface area contributed by atoms with Gasteiger partial charge in [-0.15, -0.1) is 11.3 Å². The van der Waals surface area contributed by atoms with Crippen LogP contribution in [-0.2, 0) is 9.47 Å². The molecule has 29 heavy (non-hydrogen) atoms. The number of carbonyl (C=O) groups is 3. The number of rotatable bonds is 10. The largest absolute Gasteiger partial charge is 0.464 e. The third-order valence-electron chi connectivity index (χ3n) is 4.81. The Hall–Kier alpha value is -2.45. The molecule has 1 atom stereocenters. The number of aryl methyl sites for hydroxylation is 1. The summed E-state index contributed by atoms with van der Waals surface area (Å²) in [4.78, 5) is 43.4. The van der Waals surface area contributed by atoms with Crippen molar-refractivity contribution in [2.24, 2.45) is 0 Å². The van der Waals surface area contributed by atoms with Crippen molar-refractivity contribution in [1.82, 2.24) is 9.88 Å².